The van der Waals surface area contributed by atoms with Crippen molar-refractivity contribution < 1.29 is 19.0 Å². The number of rotatable bonds is 7. The van der Waals surface area contributed by atoms with Crippen molar-refractivity contribution in [2.45, 2.75) is 52.7 Å². The van der Waals surface area contributed by atoms with E-state index in [1.54, 1.807) is 43.1 Å². The molecule has 2 heterocycles. The van der Waals surface area contributed by atoms with Crippen LogP contribution in [0.2, 0.25) is 0 Å². The number of nitrogens with zero attached hydrogens (tertiary/aromatic N) is 3. The molecule has 1 aromatic heterocycles. The van der Waals surface area contributed by atoms with Crippen molar-refractivity contribution in [3.63, 3.8) is 0 Å². The molecule has 0 saturated carbocycles. The molecule has 0 spiro atoms. The van der Waals surface area contributed by atoms with E-state index in [2.05, 4.69) is 23.9 Å². The first kappa shape index (κ1) is 17.4. The van der Waals surface area contributed by atoms with Crippen molar-refractivity contribution >= 4 is 12.3 Å². The van der Waals surface area contributed by atoms with Crippen LogP contribution in [0.4, 0.5) is 0 Å². The van der Waals surface area contributed by atoms with Crippen molar-refractivity contribution in [1.29, 1.82) is 0 Å². The predicted molar refractivity (Wildman–Crippen MR) is 84.5 cm³/mol. The van der Waals surface area contributed by atoms with Crippen LogP contribution in [0, 0.1) is 5.92 Å². The zero-order chi connectivity index (χ0) is 17.0. The van der Waals surface area contributed by atoms with Crippen LogP contribution < -0.4 is 4.74 Å². The molecule has 0 bridgehead atoms. The Kier molecular flexibility index (Phi) is 5.36. The molecule has 7 nitrogen and oxygen atoms in total. The number of aliphatic imine (C=N–C) groups is 1. The molecule has 7 heteroatoms. The normalized spacial score (nSPS) is 21.3. The zero-order valence-corrected chi connectivity index (χ0v) is 14.1. The molecule has 0 aromatic carbocycles. The van der Waals surface area contributed by atoms with Crippen molar-refractivity contribution in [1.82, 2.24) is 9.78 Å². The number of isocyanates is 1. The number of hydrogen-bond acceptors (Lipinski definition) is 6. The molecule has 1 fully saturated rings. The largest absolute Gasteiger partial charge is 0.477 e. The van der Waals surface area contributed by atoms with Crippen LogP contribution >= 0.6 is 0 Å². The van der Waals surface area contributed by atoms with E-state index >= 15 is 0 Å². The van der Waals surface area contributed by atoms with Gasteiger partial charge in [0.2, 0.25) is 12.0 Å². The minimum atomic E-state index is -0.666. The Balaban J connectivity index is 2.24. The van der Waals surface area contributed by atoms with Gasteiger partial charge in [0.1, 0.15) is 0 Å². The first-order chi connectivity index (χ1) is 10.8. The number of hydrogen-bond donors (Lipinski definition) is 0. The third kappa shape index (κ3) is 4.51. The molecule has 0 N–H and O–H groups in total. The van der Waals surface area contributed by atoms with E-state index in [1.165, 1.54) is 0 Å². The molecule has 0 aliphatic carbocycles. The van der Waals surface area contributed by atoms with Crippen LogP contribution in [0.15, 0.2) is 17.3 Å². The van der Waals surface area contributed by atoms with E-state index in [-0.39, 0.29) is 6.29 Å². The monoisotopic (exact) mass is 321 g/mol. The second kappa shape index (κ2) is 7.08. The van der Waals surface area contributed by atoms with Gasteiger partial charge in [0.25, 0.3) is 0 Å². The number of carbonyl (C=O) groups excluding carboxylic acids is 1. The Hall–Kier alpha value is -1.95. The lowest BCUT2D eigenvalue weighted by molar-refractivity contribution is -0.382. The van der Waals surface area contributed by atoms with Gasteiger partial charge in [0, 0.05) is 6.20 Å². The maximum atomic E-state index is 10.4. The minimum absolute atomic E-state index is 0.224. The summed E-state index contributed by atoms with van der Waals surface area (Å²) >= 11 is 0. The zero-order valence-electron chi connectivity index (χ0n) is 14.1. The van der Waals surface area contributed by atoms with Crippen molar-refractivity contribution in [3.8, 4) is 5.88 Å². The first-order valence-corrected chi connectivity index (χ1v) is 7.62. The van der Waals surface area contributed by atoms with Gasteiger partial charge in [-0.25, -0.2) is 9.48 Å². The maximum Gasteiger partial charge on any atom is 0.235 e. The Morgan fingerprint density at radius 3 is 2.78 bits per heavy atom. The van der Waals surface area contributed by atoms with Crippen molar-refractivity contribution in [2.75, 3.05) is 6.61 Å². The van der Waals surface area contributed by atoms with E-state index in [0.717, 1.165) is 5.56 Å². The third-order valence-corrected chi connectivity index (χ3v) is 3.17. The van der Waals surface area contributed by atoms with Gasteiger partial charge in [-0.1, -0.05) is 13.8 Å². The fourth-order valence-corrected chi connectivity index (χ4v) is 1.94. The summed E-state index contributed by atoms with van der Waals surface area (Å²) in [5.41, 5.74) is 0.0753. The van der Waals surface area contributed by atoms with Gasteiger partial charge in [0.15, 0.2) is 12.6 Å². The number of aromatic nitrogens is 2. The molecule has 126 valence electrons. The number of ether oxygens (including phenoxy) is 3. The van der Waals surface area contributed by atoms with Gasteiger partial charge in [-0.2, -0.15) is 10.1 Å². The highest BCUT2D eigenvalue weighted by Crippen LogP contribution is 2.37. The van der Waals surface area contributed by atoms with Gasteiger partial charge in [-0.3, -0.25) is 0 Å². The van der Waals surface area contributed by atoms with Crippen LogP contribution in [-0.2, 0) is 14.3 Å². The molecule has 23 heavy (non-hydrogen) atoms. The fraction of sp³-hybridized carbons (Fsp3) is 0.625. The average Bonchev–Trinajstić information content (AvgIpc) is 2.82. The summed E-state index contributed by atoms with van der Waals surface area (Å²) < 4.78 is 18.5. The quantitative estimate of drug-likeness (QED) is 0.570. The smallest absolute Gasteiger partial charge is 0.235 e. The first-order valence-electron chi connectivity index (χ1n) is 7.62. The molecule has 1 aliphatic heterocycles. The SMILES string of the molecule is CC(C)COc1c(C2OC(C)O2)cnn1/C=C/C(C)(C)N=C=O. The molecule has 0 amide bonds. The Morgan fingerprint density at radius 2 is 2.22 bits per heavy atom. The summed E-state index contributed by atoms with van der Waals surface area (Å²) in [6.07, 6.45) is 6.00. The standard InChI is InChI=1S/C16H23N3O4/c1-11(2)9-21-14-13(15-22-12(3)23-15)8-18-19(14)7-6-16(4,5)17-10-20/h6-8,11-12,15H,9H2,1-5H3/b7-6+. The highest BCUT2D eigenvalue weighted by molar-refractivity contribution is 5.40. The molecule has 1 aliphatic rings. The minimum Gasteiger partial charge on any atom is -0.477 e. The second-order valence-electron chi connectivity index (χ2n) is 6.40. The van der Waals surface area contributed by atoms with Gasteiger partial charge < -0.3 is 14.2 Å². The van der Waals surface area contributed by atoms with Crippen LogP contribution in [0.1, 0.15) is 46.5 Å². The lowest BCUT2D eigenvalue weighted by atomic mass is 10.1. The molecule has 2 rings (SSSR count). The molecule has 1 saturated heterocycles. The van der Waals surface area contributed by atoms with Crippen LogP contribution in [0.25, 0.3) is 6.20 Å². The predicted octanol–water partition coefficient (Wildman–Crippen LogP) is 2.89. The molecular weight excluding hydrogens is 298 g/mol. The highest BCUT2D eigenvalue weighted by atomic mass is 16.9. The lowest BCUT2D eigenvalue weighted by Crippen LogP contribution is -2.31. The van der Waals surface area contributed by atoms with Crippen molar-refractivity contribution in [3.05, 3.63) is 17.8 Å². The summed E-state index contributed by atoms with van der Waals surface area (Å²) in [4.78, 5) is 14.2. The molecule has 0 unspecified atom stereocenters. The maximum absolute atomic E-state index is 10.4. The summed E-state index contributed by atoms with van der Waals surface area (Å²) in [5.74, 6) is 0.936. The molecular formula is C16H23N3O4. The van der Waals surface area contributed by atoms with Gasteiger partial charge in [-0.05, 0) is 32.8 Å². The summed E-state index contributed by atoms with van der Waals surface area (Å²) in [5, 5.41) is 4.29. The van der Waals surface area contributed by atoms with Gasteiger partial charge in [-0.15, -0.1) is 0 Å². The fourth-order valence-electron chi connectivity index (χ4n) is 1.94. The van der Waals surface area contributed by atoms with Crippen LogP contribution in [0.3, 0.4) is 0 Å². The average molecular weight is 321 g/mol. The molecule has 1 aromatic rings. The van der Waals surface area contributed by atoms with Crippen LogP contribution in [0.5, 0.6) is 5.88 Å². The summed E-state index contributed by atoms with van der Waals surface area (Å²) in [6.45, 7) is 10.1. The van der Waals surface area contributed by atoms with E-state index in [9.17, 15) is 4.79 Å². The van der Waals surface area contributed by atoms with Gasteiger partial charge >= 0.3 is 0 Å². The van der Waals surface area contributed by atoms with E-state index in [1.807, 2.05) is 6.92 Å². The second-order valence-corrected chi connectivity index (χ2v) is 6.40. The summed E-state index contributed by atoms with van der Waals surface area (Å²) in [7, 11) is 0. The lowest BCUT2D eigenvalue weighted by Gasteiger charge is -2.33. The van der Waals surface area contributed by atoms with Gasteiger partial charge in [0.05, 0.1) is 23.9 Å². The van der Waals surface area contributed by atoms with E-state index in [0.29, 0.717) is 18.4 Å². The van der Waals surface area contributed by atoms with Crippen molar-refractivity contribution in [2.24, 2.45) is 10.9 Å². The van der Waals surface area contributed by atoms with Crippen LogP contribution in [-0.4, -0.2) is 34.3 Å². The highest BCUT2D eigenvalue weighted by Gasteiger charge is 2.33. The Morgan fingerprint density at radius 1 is 1.52 bits per heavy atom. The van der Waals surface area contributed by atoms with E-state index in [4.69, 9.17) is 14.2 Å². The molecule has 0 radical (unpaired) electrons. The Bertz CT molecular complexity index is 609. The molecule has 0 atom stereocenters. The Labute approximate surface area is 135 Å². The third-order valence-electron chi connectivity index (χ3n) is 3.17. The topological polar surface area (TPSA) is 74.9 Å². The summed E-state index contributed by atoms with van der Waals surface area (Å²) in [6, 6.07) is 0. The van der Waals surface area contributed by atoms with E-state index < -0.39 is 11.8 Å².